The molecule has 5 nitrogen and oxygen atoms in total. The van der Waals surface area contributed by atoms with Crippen molar-refractivity contribution in [1.29, 1.82) is 0 Å². The average molecular weight is 302 g/mol. The van der Waals surface area contributed by atoms with Gasteiger partial charge in [-0.3, -0.25) is 0 Å². The minimum Gasteiger partial charge on any atom is -0.368 e. The summed E-state index contributed by atoms with van der Waals surface area (Å²) in [5, 5.41) is 4.20. The van der Waals surface area contributed by atoms with E-state index in [-0.39, 0.29) is 34.2 Å². The van der Waals surface area contributed by atoms with E-state index in [0.29, 0.717) is 0 Å². The maximum absolute atomic E-state index is 13.0. The lowest BCUT2D eigenvalue weighted by atomic mass is 10.1. The van der Waals surface area contributed by atoms with Crippen LogP contribution in [0.4, 0.5) is 19.1 Å². The minimum absolute atomic E-state index is 0.0293. The molecule has 0 aliphatic carbocycles. The van der Waals surface area contributed by atoms with E-state index in [1.54, 1.807) is 0 Å². The zero-order valence-corrected chi connectivity index (χ0v) is 10.6. The van der Waals surface area contributed by atoms with E-state index in [4.69, 9.17) is 17.3 Å². The smallest absolute Gasteiger partial charge is 0.368 e. The molecule has 2 aromatic heterocycles. The molecule has 0 aliphatic rings. The third-order valence-electron chi connectivity index (χ3n) is 2.80. The number of nitrogens with two attached hydrogens (primary N) is 1. The second kappa shape index (κ2) is 4.20. The standard InChI is InChI=1S/C11H7ClF3N5/c12-4-7-17-9-5-2-1-3-6(11(13,14)15)8(5)18-10(16)20(9)19-7/h1-3H,4H2,(H2,16,18). The molecular formula is C11H7ClF3N5. The molecule has 1 aromatic carbocycles. The Hall–Kier alpha value is -2.09. The highest BCUT2D eigenvalue weighted by molar-refractivity contribution is 6.16. The lowest BCUT2D eigenvalue weighted by Crippen LogP contribution is -2.09. The van der Waals surface area contributed by atoms with Gasteiger partial charge < -0.3 is 5.73 Å². The molecule has 0 radical (unpaired) electrons. The van der Waals surface area contributed by atoms with Gasteiger partial charge in [-0.2, -0.15) is 17.7 Å². The number of halogens is 4. The van der Waals surface area contributed by atoms with Crippen LogP contribution < -0.4 is 5.73 Å². The van der Waals surface area contributed by atoms with E-state index < -0.39 is 11.7 Å². The van der Waals surface area contributed by atoms with E-state index in [9.17, 15) is 13.2 Å². The van der Waals surface area contributed by atoms with E-state index in [1.807, 2.05) is 0 Å². The van der Waals surface area contributed by atoms with Crippen LogP contribution in [0.1, 0.15) is 11.4 Å². The summed E-state index contributed by atoms with van der Waals surface area (Å²) < 4.78 is 40.1. The van der Waals surface area contributed by atoms with Crippen LogP contribution in [0.15, 0.2) is 18.2 Å². The molecule has 3 rings (SSSR count). The first-order valence-electron chi connectivity index (χ1n) is 5.49. The van der Waals surface area contributed by atoms with Crippen LogP contribution in [0.3, 0.4) is 0 Å². The zero-order chi connectivity index (χ0) is 14.5. The van der Waals surface area contributed by atoms with Gasteiger partial charge in [-0.1, -0.05) is 6.07 Å². The molecule has 0 bridgehead atoms. The number of hydrogen-bond acceptors (Lipinski definition) is 4. The summed E-state index contributed by atoms with van der Waals surface area (Å²) in [6.07, 6.45) is -4.52. The van der Waals surface area contributed by atoms with Crippen molar-refractivity contribution in [3.05, 3.63) is 29.6 Å². The van der Waals surface area contributed by atoms with Crippen molar-refractivity contribution in [1.82, 2.24) is 19.6 Å². The minimum atomic E-state index is -4.52. The fraction of sp³-hybridized carbons (Fsp3) is 0.182. The van der Waals surface area contributed by atoms with Gasteiger partial charge in [-0.05, 0) is 12.1 Å². The molecular weight excluding hydrogens is 295 g/mol. The first-order chi connectivity index (χ1) is 9.41. The molecule has 2 N–H and O–H groups in total. The first kappa shape index (κ1) is 12.9. The van der Waals surface area contributed by atoms with Gasteiger partial charge in [0, 0.05) is 5.39 Å². The maximum atomic E-state index is 13.0. The first-order valence-corrected chi connectivity index (χ1v) is 6.02. The topological polar surface area (TPSA) is 69.1 Å². The third kappa shape index (κ3) is 1.83. The number of alkyl halides is 4. The van der Waals surface area contributed by atoms with Gasteiger partial charge in [0.05, 0.1) is 17.0 Å². The second-order valence-electron chi connectivity index (χ2n) is 4.07. The van der Waals surface area contributed by atoms with Gasteiger partial charge in [-0.25, -0.2) is 9.97 Å². The van der Waals surface area contributed by atoms with Gasteiger partial charge in [-0.15, -0.1) is 16.7 Å². The molecule has 0 atom stereocenters. The number of aromatic nitrogens is 4. The summed E-state index contributed by atoms with van der Waals surface area (Å²) in [7, 11) is 0. The van der Waals surface area contributed by atoms with Crippen LogP contribution in [0.25, 0.3) is 16.6 Å². The third-order valence-corrected chi connectivity index (χ3v) is 3.04. The highest BCUT2D eigenvalue weighted by Crippen LogP contribution is 2.35. The van der Waals surface area contributed by atoms with Gasteiger partial charge in [0.15, 0.2) is 11.5 Å². The summed E-state index contributed by atoms with van der Waals surface area (Å²) in [4.78, 5) is 7.87. The Bertz CT molecular complexity index is 811. The number of anilines is 1. The van der Waals surface area contributed by atoms with Crippen molar-refractivity contribution >= 4 is 34.1 Å². The molecule has 0 amide bonds. The highest BCUT2D eigenvalue weighted by Gasteiger charge is 2.33. The number of hydrogen-bond donors (Lipinski definition) is 1. The SMILES string of the molecule is Nc1nc2c(C(F)(F)F)cccc2c2nc(CCl)nn12. The summed E-state index contributed by atoms with van der Waals surface area (Å²) >= 11 is 5.63. The Morgan fingerprint density at radius 3 is 2.65 bits per heavy atom. The molecule has 3 aromatic rings. The zero-order valence-electron chi connectivity index (χ0n) is 9.82. The highest BCUT2D eigenvalue weighted by atomic mass is 35.5. The molecule has 2 heterocycles. The van der Waals surface area contributed by atoms with Gasteiger partial charge in [0.1, 0.15) is 0 Å². The van der Waals surface area contributed by atoms with Crippen LogP contribution in [0.5, 0.6) is 0 Å². The largest absolute Gasteiger partial charge is 0.418 e. The van der Waals surface area contributed by atoms with Crippen molar-refractivity contribution in [2.45, 2.75) is 12.1 Å². The molecule has 0 unspecified atom stereocenters. The second-order valence-corrected chi connectivity index (χ2v) is 4.33. The number of nitrogen functional groups attached to an aromatic ring is 1. The Labute approximate surface area is 115 Å². The lowest BCUT2D eigenvalue weighted by Gasteiger charge is -2.10. The number of rotatable bonds is 1. The summed E-state index contributed by atoms with van der Waals surface area (Å²) in [6, 6.07) is 3.72. The lowest BCUT2D eigenvalue weighted by molar-refractivity contribution is -0.136. The average Bonchev–Trinajstić information content (AvgIpc) is 2.82. The molecule has 0 saturated carbocycles. The quantitative estimate of drug-likeness (QED) is 0.702. The van der Waals surface area contributed by atoms with Gasteiger partial charge in [0.2, 0.25) is 5.95 Å². The van der Waals surface area contributed by atoms with E-state index in [2.05, 4.69) is 15.1 Å². The van der Waals surface area contributed by atoms with Crippen LogP contribution in [0, 0.1) is 0 Å². The van der Waals surface area contributed by atoms with E-state index in [0.717, 1.165) is 6.07 Å². The molecule has 104 valence electrons. The number of para-hydroxylation sites is 1. The summed E-state index contributed by atoms with van der Waals surface area (Å²) in [5.74, 6) is 0.125. The molecule has 0 spiro atoms. The van der Waals surface area contributed by atoms with Crippen molar-refractivity contribution in [3.63, 3.8) is 0 Å². The number of benzene rings is 1. The van der Waals surface area contributed by atoms with Crippen molar-refractivity contribution in [3.8, 4) is 0 Å². The molecule has 9 heteroatoms. The Kier molecular flexibility index (Phi) is 2.72. The van der Waals surface area contributed by atoms with Crippen molar-refractivity contribution < 1.29 is 13.2 Å². The Morgan fingerprint density at radius 1 is 1.25 bits per heavy atom. The van der Waals surface area contributed by atoms with Crippen LogP contribution in [0.2, 0.25) is 0 Å². The van der Waals surface area contributed by atoms with Crippen LogP contribution in [-0.2, 0) is 12.1 Å². The maximum Gasteiger partial charge on any atom is 0.418 e. The Balaban J connectivity index is 2.47. The van der Waals surface area contributed by atoms with Gasteiger partial charge in [0.25, 0.3) is 0 Å². The summed E-state index contributed by atoms with van der Waals surface area (Å²) in [6.45, 7) is 0. The Morgan fingerprint density at radius 2 is 2.00 bits per heavy atom. The van der Waals surface area contributed by atoms with E-state index in [1.165, 1.54) is 16.6 Å². The monoisotopic (exact) mass is 301 g/mol. The fourth-order valence-electron chi connectivity index (χ4n) is 1.98. The van der Waals surface area contributed by atoms with Crippen LogP contribution >= 0.6 is 11.6 Å². The van der Waals surface area contributed by atoms with E-state index >= 15 is 0 Å². The van der Waals surface area contributed by atoms with Gasteiger partial charge >= 0.3 is 6.18 Å². The fourth-order valence-corrected chi connectivity index (χ4v) is 2.09. The molecule has 0 fully saturated rings. The number of nitrogens with zero attached hydrogens (tertiary/aromatic N) is 4. The predicted molar refractivity (Wildman–Crippen MR) is 67.3 cm³/mol. The molecule has 20 heavy (non-hydrogen) atoms. The normalized spacial score (nSPS) is 12.4. The molecule has 0 aliphatic heterocycles. The molecule has 0 saturated heterocycles. The van der Waals surface area contributed by atoms with Crippen molar-refractivity contribution in [2.75, 3.05) is 5.73 Å². The summed E-state index contributed by atoms with van der Waals surface area (Å²) in [5.41, 5.74) is 4.73. The predicted octanol–water partition coefficient (Wildman–Crippen LogP) is 2.62. The van der Waals surface area contributed by atoms with Crippen LogP contribution in [-0.4, -0.2) is 19.6 Å². The van der Waals surface area contributed by atoms with Crippen molar-refractivity contribution in [2.24, 2.45) is 0 Å². The number of fused-ring (bicyclic) bond motifs is 3.